The number of rotatable bonds is 8. The first-order valence-corrected chi connectivity index (χ1v) is 23.6. The molecule has 0 saturated carbocycles. The molecule has 0 N–H and O–H groups in total. The lowest BCUT2D eigenvalue weighted by molar-refractivity contribution is 0.660. The SMILES string of the molecule is CC.CC1(C)c2ccccc2-c2ccc(N(c3ccc(-c4ccc(-c5ccccc5)cc4)cc3)c3cc(-c4ccccc4)ccc3-c3cccc4c3c3ccccc3n4-c3ccccc3)cc21. The van der Waals surface area contributed by atoms with Crippen LogP contribution in [0.15, 0.2) is 243 Å². The van der Waals surface area contributed by atoms with Gasteiger partial charge in [-0.1, -0.05) is 216 Å². The third-order valence-corrected chi connectivity index (χ3v) is 13.6. The topological polar surface area (TPSA) is 8.17 Å². The summed E-state index contributed by atoms with van der Waals surface area (Å²) in [5, 5.41) is 2.46. The average molecular weight is 861 g/mol. The molecular weight excluding hydrogens is 809 g/mol. The van der Waals surface area contributed by atoms with Crippen molar-refractivity contribution >= 4 is 38.9 Å². The van der Waals surface area contributed by atoms with Crippen LogP contribution in [0.1, 0.15) is 38.8 Å². The maximum atomic E-state index is 2.50. The van der Waals surface area contributed by atoms with Gasteiger partial charge in [-0.05, 0) is 116 Å². The Morgan fingerprint density at radius 2 is 0.821 bits per heavy atom. The number of anilines is 3. The van der Waals surface area contributed by atoms with Gasteiger partial charge in [0.2, 0.25) is 0 Å². The molecule has 0 saturated heterocycles. The molecule has 1 aliphatic rings. The van der Waals surface area contributed by atoms with Gasteiger partial charge in [-0.15, -0.1) is 0 Å². The summed E-state index contributed by atoms with van der Waals surface area (Å²) >= 11 is 0. The summed E-state index contributed by atoms with van der Waals surface area (Å²) in [5.74, 6) is 0. The maximum absolute atomic E-state index is 2.50. The van der Waals surface area contributed by atoms with Gasteiger partial charge < -0.3 is 9.47 Å². The molecule has 2 heteroatoms. The molecule has 12 rings (SSSR count). The molecule has 1 aromatic heterocycles. The van der Waals surface area contributed by atoms with Crippen LogP contribution in [0, 0.1) is 0 Å². The van der Waals surface area contributed by atoms with Gasteiger partial charge in [-0.2, -0.15) is 0 Å². The zero-order valence-electron chi connectivity index (χ0n) is 38.5. The largest absolute Gasteiger partial charge is 0.310 e. The first kappa shape index (κ1) is 41.5. The molecule has 11 aromatic rings. The summed E-state index contributed by atoms with van der Waals surface area (Å²) < 4.78 is 2.41. The van der Waals surface area contributed by atoms with Gasteiger partial charge in [0.15, 0.2) is 0 Å². The first-order valence-electron chi connectivity index (χ1n) is 23.6. The van der Waals surface area contributed by atoms with Crippen LogP contribution in [-0.4, -0.2) is 4.57 Å². The molecule has 0 atom stereocenters. The monoisotopic (exact) mass is 860 g/mol. The van der Waals surface area contributed by atoms with Crippen LogP contribution in [0.25, 0.3) is 83.1 Å². The number of nitrogens with zero attached hydrogens (tertiary/aromatic N) is 2. The lowest BCUT2D eigenvalue weighted by Gasteiger charge is -2.30. The smallest absolute Gasteiger partial charge is 0.0547 e. The Hall–Kier alpha value is -8.20. The van der Waals surface area contributed by atoms with E-state index in [4.69, 9.17) is 0 Å². The molecule has 0 bridgehead atoms. The van der Waals surface area contributed by atoms with E-state index in [1.165, 1.54) is 77.4 Å². The van der Waals surface area contributed by atoms with Crippen molar-refractivity contribution in [2.24, 2.45) is 0 Å². The van der Waals surface area contributed by atoms with Crippen LogP contribution < -0.4 is 4.90 Å². The molecule has 1 aliphatic carbocycles. The highest BCUT2D eigenvalue weighted by molar-refractivity contribution is 6.17. The van der Waals surface area contributed by atoms with Crippen molar-refractivity contribution in [2.75, 3.05) is 4.90 Å². The highest BCUT2D eigenvalue weighted by Gasteiger charge is 2.36. The van der Waals surface area contributed by atoms with E-state index in [1.54, 1.807) is 0 Å². The van der Waals surface area contributed by atoms with Gasteiger partial charge in [0, 0.05) is 38.8 Å². The molecule has 0 amide bonds. The summed E-state index contributed by atoms with van der Waals surface area (Å²) in [6, 6.07) is 89.0. The van der Waals surface area contributed by atoms with Crippen molar-refractivity contribution < 1.29 is 0 Å². The second-order valence-corrected chi connectivity index (χ2v) is 17.7. The van der Waals surface area contributed by atoms with Gasteiger partial charge in [0.05, 0.1) is 16.7 Å². The molecule has 2 nitrogen and oxygen atoms in total. The Bertz CT molecular complexity index is 3530. The quantitative estimate of drug-likeness (QED) is 0.148. The number of hydrogen-bond donors (Lipinski definition) is 0. The summed E-state index contributed by atoms with van der Waals surface area (Å²) in [6.07, 6.45) is 0. The fraction of sp³-hybridized carbons (Fsp3) is 0.0769. The minimum Gasteiger partial charge on any atom is -0.310 e. The van der Waals surface area contributed by atoms with E-state index in [1.807, 2.05) is 13.8 Å². The van der Waals surface area contributed by atoms with Gasteiger partial charge in [-0.3, -0.25) is 0 Å². The molecule has 0 spiro atoms. The van der Waals surface area contributed by atoms with Crippen LogP contribution in [0.5, 0.6) is 0 Å². The van der Waals surface area contributed by atoms with E-state index in [2.05, 4.69) is 266 Å². The fourth-order valence-corrected chi connectivity index (χ4v) is 10.4. The van der Waals surface area contributed by atoms with Crippen molar-refractivity contribution in [3.8, 4) is 61.3 Å². The first-order chi connectivity index (χ1) is 33.0. The lowest BCUT2D eigenvalue weighted by Crippen LogP contribution is -2.17. The zero-order chi connectivity index (χ0) is 45.5. The van der Waals surface area contributed by atoms with Gasteiger partial charge in [-0.25, -0.2) is 0 Å². The number of fused-ring (bicyclic) bond motifs is 6. The van der Waals surface area contributed by atoms with E-state index in [9.17, 15) is 0 Å². The summed E-state index contributed by atoms with van der Waals surface area (Å²) in [7, 11) is 0. The minimum absolute atomic E-state index is 0.164. The van der Waals surface area contributed by atoms with Gasteiger partial charge in [0.1, 0.15) is 0 Å². The van der Waals surface area contributed by atoms with Gasteiger partial charge >= 0.3 is 0 Å². The normalized spacial score (nSPS) is 12.3. The van der Waals surface area contributed by atoms with Crippen LogP contribution in [0.4, 0.5) is 17.1 Å². The summed E-state index contributed by atoms with van der Waals surface area (Å²) in [4.78, 5) is 2.50. The molecule has 0 unspecified atom stereocenters. The molecule has 1 heterocycles. The molecule has 0 aliphatic heterocycles. The van der Waals surface area contributed by atoms with Gasteiger partial charge in [0.25, 0.3) is 0 Å². The second kappa shape index (κ2) is 17.3. The highest BCUT2D eigenvalue weighted by atomic mass is 15.1. The minimum atomic E-state index is -0.164. The Morgan fingerprint density at radius 1 is 0.343 bits per heavy atom. The summed E-state index contributed by atoms with van der Waals surface area (Å²) in [5.41, 5.74) is 21.5. The van der Waals surface area contributed by atoms with E-state index in [0.717, 1.165) is 33.9 Å². The van der Waals surface area contributed by atoms with E-state index in [-0.39, 0.29) is 5.41 Å². The molecule has 10 aromatic carbocycles. The predicted octanol–water partition coefficient (Wildman–Crippen LogP) is 18.3. The van der Waals surface area contributed by atoms with Crippen LogP contribution in [0.3, 0.4) is 0 Å². The number of benzene rings is 10. The van der Waals surface area contributed by atoms with Crippen LogP contribution in [-0.2, 0) is 5.41 Å². The molecule has 0 radical (unpaired) electrons. The van der Waals surface area contributed by atoms with Crippen molar-refractivity contribution in [3.63, 3.8) is 0 Å². The molecule has 322 valence electrons. The van der Waals surface area contributed by atoms with Crippen LogP contribution >= 0.6 is 0 Å². The molecule has 0 fully saturated rings. The molecule has 67 heavy (non-hydrogen) atoms. The third-order valence-electron chi connectivity index (χ3n) is 13.6. The van der Waals surface area contributed by atoms with E-state index in [0.29, 0.717) is 0 Å². The van der Waals surface area contributed by atoms with E-state index < -0.39 is 0 Å². The number of aromatic nitrogens is 1. The van der Waals surface area contributed by atoms with Crippen molar-refractivity contribution in [1.29, 1.82) is 0 Å². The Labute approximate surface area is 394 Å². The Kier molecular flexibility index (Phi) is 10.7. The standard InChI is InChI=1S/C63H46N2.C2H6/c1-63(2)57-26-14-12-23-52(57)53-40-38-51(42-58(53)63)64(50-36-33-47(34-37-50)46-31-29-45(30-32-46)43-17-6-3-7-18-43)61-41-48(44-19-8-4-9-20-44)35-39-54(61)55-25-16-28-60-62(55)56-24-13-15-27-59(56)65(60)49-21-10-5-11-22-49;1-2/h3-42H,1-2H3;1-2H3. The van der Waals surface area contributed by atoms with E-state index >= 15 is 0 Å². The lowest BCUT2D eigenvalue weighted by atomic mass is 9.82. The predicted molar refractivity (Wildman–Crippen MR) is 286 cm³/mol. The average Bonchev–Trinajstić information content (AvgIpc) is 3.86. The highest BCUT2D eigenvalue weighted by Crippen LogP contribution is 2.52. The molecular formula is C65H52N2. The van der Waals surface area contributed by atoms with Crippen molar-refractivity contribution in [1.82, 2.24) is 4.57 Å². The van der Waals surface area contributed by atoms with Crippen LogP contribution in [0.2, 0.25) is 0 Å². The second-order valence-electron chi connectivity index (χ2n) is 17.7. The fourth-order valence-electron chi connectivity index (χ4n) is 10.4. The Balaban J connectivity index is 0.00000244. The van der Waals surface area contributed by atoms with Crippen molar-refractivity contribution in [2.45, 2.75) is 33.1 Å². The third kappa shape index (κ3) is 7.23. The van der Waals surface area contributed by atoms with Crippen molar-refractivity contribution in [3.05, 3.63) is 254 Å². The maximum Gasteiger partial charge on any atom is 0.0547 e. The number of para-hydroxylation sites is 2. The zero-order valence-corrected chi connectivity index (χ0v) is 38.5. The number of hydrogen-bond acceptors (Lipinski definition) is 1. The Morgan fingerprint density at radius 3 is 1.51 bits per heavy atom. The summed E-state index contributed by atoms with van der Waals surface area (Å²) in [6.45, 7) is 8.74.